The van der Waals surface area contributed by atoms with Crippen LogP contribution in [-0.4, -0.2) is 36.2 Å². The molecule has 4 heteroatoms. The van der Waals surface area contributed by atoms with Crippen LogP contribution in [0.3, 0.4) is 0 Å². The van der Waals surface area contributed by atoms with Crippen LogP contribution < -0.4 is 4.74 Å². The number of benzene rings is 2. The SMILES string of the molecule is CCc1sc2cc(O)ccc2c1Cc1ccc(OCCN2CCCCC2)cc1. The number of rotatable bonds is 7. The number of fused-ring (bicyclic) bond motifs is 1. The summed E-state index contributed by atoms with van der Waals surface area (Å²) in [7, 11) is 0. The van der Waals surface area contributed by atoms with Gasteiger partial charge in [0.1, 0.15) is 18.1 Å². The lowest BCUT2D eigenvalue weighted by atomic mass is 10.0. The summed E-state index contributed by atoms with van der Waals surface area (Å²) in [4.78, 5) is 3.91. The van der Waals surface area contributed by atoms with E-state index in [4.69, 9.17) is 4.74 Å². The summed E-state index contributed by atoms with van der Waals surface area (Å²) >= 11 is 1.80. The Morgan fingerprint density at radius 3 is 2.57 bits per heavy atom. The summed E-state index contributed by atoms with van der Waals surface area (Å²) in [5.41, 5.74) is 2.69. The third-order valence-corrected chi connectivity index (χ3v) is 6.95. The van der Waals surface area contributed by atoms with Crippen molar-refractivity contribution in [2.45, 2.75) is 39.0 Å². The summed E-state index contributed by atoms with van der Waals surface area (Å²) in [6.07, 6.45) is 5.96. The Morgan fingerprint density at radius 2 is 1.82 bits per heavy atom. The molecular weight excluding hydrogens is 366 g/mol. The molecule has 0 unspecified atom stereocenters. The van der Waals surface area contributed by atoms with E-state index in [0.717, 1.165) is 31.7 Å². The van der Waals surface area contributed by atoms with Gasteiger partial charge in [-0.15, -0.1) is 11.3 Å². The molecule has 0 spiro atoms. The number of likely N-dealkylation sites (tertiary alicyclic amines) is 1. The van der Waals surface area contributed by atoms with E-state index >= 15 is 0 Å². The van der Waals surface area contributed by atoms with Gasteiger partial charge in [0.15, 0.2) is 0 Å². The van der Waals surface area contributed by atoms with Crippen LogP contribution in [0.5, 0.6) is 11.5 Å². The van der Waals surface area contributed by atoms with E-state index in [-0.39, 0.29) is 0 Å². The molecule has 1 aromatic heterocycles. The molecule has 0 radical (unpaired) electrons. The van der Waals surface area contributed by atoms with Crippen LogP contribution in [-0.2, 0) is 12.8 Å². The molecule has 0 saturated carbocycles. The minimum atomic E-state index is 0.342. The van der Waals surface area contributed by atoms with E-state index in [1.54, 1.807) is 17.4 Å². The number of piperidine rings is 1. The molecule has 4 rings (SSSR count). The second-order valence-corrected chi connectivity index (χ2v) is 8.75. The predicted molar refractivity (Wildman–Crippen MR) is 118 cm³/mol. The normalized spacial score (nSPS) is 15.2. The summed E-state index contributed by atoms with van der Waals surface area (Å²) in [6.45, 7) is 6.42. The summed E-state index contributed by atoms with van der Waals surface area (Å²) < 4.78 is 7.13. The lowest BCUT2D eigenvalue weighted by Gasteiger charge is -2.26. The highest BCUT2D eigenvalue weighted by Gasteiger charge is 2.13. The van der Waals surface area contributed by atoms with Gasteiger partial charge in [-0.25, -0.2) is 0 Å². The molecule has 1 N–H and O–H groups in total. The van der Waals surface area contributed by atoms with Crippen molar-refractivity contribution in [2.24, 2.45) is 0 Å². The molecular formula is C24H29NO2S. The lowest BCUT2D eigenvalue weighted by molar-refractivity contribution is 0.183. The Bertz CT molecular complexity index is 910. The summed E-state index contributed by atoms with van der Waals surface area (Å²) in [5.74, 6) is 1.30. The number of ether oxygens (including phenoxy) is 1. The minimum absolute atomic E-state index is 0.342. The standard InChI is InChI=1S/C24H29NO2S/c1-2-23-22(21-11-8-19(26)17-24(21)28-23)16-18-6-9-20(10-7-18)27-15-14-25-12-4-3-5-13-25/h6-11,17,26H,2-5,12-16H2,1H3. The van der Waals surface area contributed by atoms with Gasteiger partial charge in [-0.2, -0.15) is 0 Å². The first kappa shape index (κ1) is 19.3. The first-order valence-electron chi connectivity index (χ1n) is 10.4. The second kappa shape index (κ2) is 8.97. The van der Waals surface area contributed by atoms with Crippen LogP contribution in [0, 0.1) is 0 Å². The molecule has 0 bridgehead atoms. The first-order valence-corrected chi connectivity index (χ1v) is 11.2. The molecule has 28 heavy (non-hydrogen) atoms. The maximum atomic E-state index is 9.77. The van der Waals surface area contributed by atoms with Crippen LogP contribution in [0.15, 0.2) is 42.5 Å². The third kappa shape index (κ3) is 4.50. The Balaban J connectivity index is 1.40. The van der Waals surface area contributed by atoms with Gasteiger partial charge in [0.2, 0.25) is 0 Å². The van der Waals surface area contributed by atoms with E-state index in [9.17, 15) is 5.11 Å². The van der Waals surface area contributed by atoms with Crippen LogP contribution in [0.1, 0.15) is 42.2 Å². The molecule has 2 aromatic carbocycles. The topological polar surface area (TPSA) is 32.7 Å². The Labute approximate surface area is 171 Å². The molecule has 3 nitrogen and oxygen atoms in total. The van der Waals surface area contributed by atoms with Crippen LogP contribution in [0.2, 0.25) is 0 Å². The van der Waals surface area contributed by atoms with Gasteiger partial charge in [0.05, 0.1) is 0 Å². The molecule has 2 heterocycles. The Kier molecular flexibility index (Phi) is 6.18. The molecule has 3 aromatic rings. The fourth-order valence-corrected chi connectivity index (χ4v) is 5.25. The van der Waals surface area contributed by atoms with E-state index in [0.29, 0.717) is 5.75 Å². The Hall–Kier alpha value is -2.04. The zero-order valence-electron chi connectivity index (χ0n) is 16.6. The number of aryl methyl sites for hydroxylation is 1. The van der Waals surface area contributed by atoms with E-state index in [2.05, 4.69) is 36.1 Å². The maximum absolute atomic E-state index is 9.77. The van der Waals surface area contributed by atoms with Gasteiger partial charge in [-0.05, 0) is 85.6 Å². The van der Waals surface area contributed by atoms with E-state index < -0.39 is 0 Å². The molecule has 0 amide bonds. The van der Waals surface area contributed by atoms with Gasteiger partial charge in [-0.3, -0.25) is 4.90 Å². The number of nitrogens with zero attached hydrogens (tertiary/aromatic N) is 1. The maximum Gasteiger partial charge on any atom is 0.119 e. The fraction of sp³-hybridized carbons (Fsp3) is 0.417. The molecule has 1 saturated heterocycles. The smallest absolute Gasteiger partial charge is 0.119 e. The summed E-state index contributed by atoms with van der Waals surface area (Å²) in [6, 6.07) is 14.3. The highest BCUT2D eigenvalue weighted by Crippen LogP contribution is 2.35. The van der Waals surface area contributed by atoms with E-state index in [1.807, 2.05) is 12.1 Å². The summed E-state index contributed by atoms with van der Waals surface area (Å²) in [5, 5.41) is 11.0. The molecule has 1 fully saturated rings. The van der Waals surface area contributed by atoms with Crippen LogP contribution in [0.25, 0.3) is 10.1 Å². The second-order valence-electron chi connectivity index (χ2n) is 7.61. The van der Waals surface area contributed by atoms with E-state index in [1.165, 1.54) is 58.4 Å². The third-order valence-electron chi connectivity index (χ3n) is 5.61. The van der Waals surface area contributed by atoms with Gasteiger partial charge in [-0.1, -0.05) is 25.5 Å². The van der Waals surface area contributed by atoms with Gasteiger partial charge in [0, 0.05) is 16.1 Å². The molecule has 1 aliphatic rings. The molecule has 0 atom stereocenters. The predicted octanol–water partition coefficient (Wildman–Crippen LogP) is 5.62. The highest BCUT2D eigenvalue weighted by molar-refractivity contribution is 7.19. The van der Waals surface area contributed by atoms with Crippen molar-refractivity contribution in [1.82, 2.24) is 4.90 Å². The average Bonchev–Trinajstić information content (AvgIpc) is 3.06. The van der Waals surface area contributed by atoms with Crippen molar-refractivity contribution in [3.63, 3.8) is 0 Å². The molecule has 0 aliphatic carbocycles. The largest absolute Gasteiger partial charge is 0.508 e. The number of hydrogen-bond acceptors (Lipinski definition) is 4. The quantitative estimate of drug-likeness (QED) is 0.563. The number of aromatic hydroxyl groups is 1. The number of phenolic OH excluding ortho intramolecular Hbond substituents is 1. The fourth-order valence-electron chi connectivity index (χ4n) is 4.05. The highest BCUT2D eigenvalue weighted by atomic mass is 32.1. The number of hydrogen-bond donors (Lipinski definition) is 1. The van der Waals surface area contributed by atoms with Crippen LogP contribution >= 0.6 is 11.3 Å². The van der Waals surface area contributed by atoms with Crippen molar-refractivity contribution in [1.29, 1.82) is 0 Å². The van der Waals surface area contributed by atoms with Gasteiger partial charge >= 0.3 is 0 Å². The monoisotopic (exact) mass is 395 g/mol. The minimum Gasteiger partial charge on any atom is -0.508 e. The number of thiophene rings is 1. The first-order chi connectivity index (χ1) is 13.7. The van der Waals surface area contributed by atoms with Crippen molar-refractivity contribution in [2.75, 3.05) is 26.2 Å². The Morgan fingerprint density at radius 1 is 1.04 bits per heavy atom. The molecule has 148 valence electrons. The zero-order valence-corrected chi connectivity index (χ0v) is 17.4. The zero-order chi connectivity index (χ0) is 19.3. The lowest BCUT2D eigenvalue weighted by Crippen LogP contribution is -2.33. The van der Waals surface area contributed by atoms with Crippen molar-refractivity contribution in [3.05, 3.63) is 58.5 Å². The molecule has 1 aliphatic heterocycles. The van der Waals surface area contributed by atoms with Crippen molar-refractivity contribution < 1.29 is 9.84 Å². The van der Waals surface area contributed by atoms with Crippen molar-refractivity contribution in [3.8, 4) is 11.5 Å². The van der Waals surface area contributed by atoms with Crippen LogP contribution in [0.4, 0.5) is 0 Å². The van der Waals surface area contributed by atoms with Crippen molar-refractivity contribution >= 4 is 21.4 Å². The number of phenols is 1. The van der Waals surface area contributed by atoms with Gasteiger partial charge < -0.3 is 9.84 Å². The average molecular weight is 396 g/mol. The van der Waals surface area contributed by atoms with Gasteiger partial charge in [0.25, 0.3) is 0 Å².